The summed E-state index contributed by atoms with van der Waals surface area (Å²) in [5.74, 6) is -0.905. The highest BCUT2D eigenvalue weighted by Crippen LogP contribution is 2.07. The average molecular weight is 506 g/mol. The van der Waals surface area contributed by atoms with Crippen LogP contribution in [-0.2, 0) is 38.8 Å². The zero-order valence-electron chi connectivity index (χ0n) is 20.2. The fourth-order valence-corrected chi connectivity index (χ4v) is 3.02. The molecule has 0 heterocycles. The molecule has 0 radical (unpaired) electrons. The smallest absolute Gasteiger partial charge is 0.429 e. The summed E-state index contributed by atoms with van der Waals surface area (Å²) in [6.07, 6.45) is -3.03. The molecule has 10 nitrogen and oxygen atoms in total. The van der Waals surface area contributed by atoms with Crippen LogP contribution in [0.4, 0.5) is 14.4 Å². The molecule has 0 fully saturated rings. The summed E-state index contributed by atoms with van der Waals surface area (Å²) in [4.78, 5) is 50.0. The summed E-state index contributed by atoms with van der Waals surface area (Å²) in [5, 5.41) is 2.70. The van der Waals surface area contributed by atoms with Gasteiger partial charge in [0.2, 0.25) is 0 Å². The van der Waals surface area contributed by atoms with Gasteiger partial charge in [0.25, 0.3) is 5.91 Å². The molecule has 0 unspecified atom stereocenters. The number of hydrogen-bond donors (Lipinski definition) is 2. The highest BCUT2D eigenvalue weighted by molar-refractivity contribution is 5.96. The van der Waals surface area contributed by atoms with Gasteiger partial charge in [0.1, 0.15) is 25.9 Å². The van der Waals surface area contributed by atoms with Crippen LogP contribution in [-0.4, -0.2) is 35.2 Å². The zero-order chi connectivity index (χ0) is 26.5. The van der Waals surface area contributed by atoms with Gasteiger partial charge in [-0.2, -0.15) is 0 Å². The molecule has 192 valence electrons. The van der Waals surface area contributed by atoms with E-state index in [0.717, 1.165) is 11.1 Å². The van der Waals surface area contributed by atoms with Crippen molar-refractivity contribution in [3.05, 3.63) is 108 Å². The van der Waals surface area contributed by atoms with E-state index in [1.54, 1.807) is 72.8 Å². The lowest BCUT2D eigenvalue weighted by Gasteiger charge is -2.27. The molecule has 0 saturated carbocycles. The Morgan fingerprint density at radius 2 is 1.05 bits per heavy atom. The van der Waals surface area contributed by atoms with Crippen LogP contribution in [0.3, 0.4) is 0 Å². The Bertz CT molecular complexity index is 1170. The van der Waals surface area contributed by atoms with Gasteiger partial charge in [0.15, 0.2) is 0 Å². The lowest BCUT2D eigenvalue weighted by molar-refractivity contribution is -0.125. The summed E-state index contributed by atoms with van der Waals surface area (Å²) in [5.41, 5.74) is 4.37. The number of carbonyl (C=O) groups excluding carboxylic acids is 4. The van der Waals surface area contributed by atoms with Gasteiger partial charge in [0, 0.05) is 0 Å². The second-order valence-corrected chi connectivity index (χ2v) is 7.81. The maximum atomic E-state index is 12.8. The monoisotopic (exact) mass is 505 g/mol. The summed E-state index contributed by atoms with van der Waals surface area (Å²) in [6, 6.07) is 25.3. The lowest BCUT2D eigenvalue weighted by Crippen LogP contribution is -2.57. The third-order valence-corrected chi connectivity index (χ3v) is 5.03. The molecular weight excluding hydrogens is 478 g/mol. The van der Waals surface area contributed by atoms with Crippen molar-refractivity contribution in [2.75, 3.05) is 0 Å². The Morgan fingerprint density at radius 1 is 0.649 bits per heavy atom. The number of imide groups is 1. The minimum atomic E-state index is -1.35. The topological polar surface area (TPSA) is 123 Å². The van der Waals surface area contributed by atoms with Crippen molar-refractivity contribution in [2.24, 2.45) is 0 Å². The predicted octanol–water partition coefficient (Wildman–Crippen LogP) is 4.31. The standard InChI is InChI=1S/C27H27N3O7/c1-20(24(31)28-25(32)35-17-21-11-5-2-6-12-21)30(27(34)37-19-23-15-9-4-10-16-23)29-26(33)36-18-22-13-7-3-8-14-22/h2-16,20H,17-19H2,1H3,(H,29,33)(H,28,31,32)/t20-/m1/s1. The molecule has 3 aromatic carbocycles. The molecule has 0 spiro atoms. The number of carbonyl (C=O) groups is 4. The largest absolute Gasteiger partial charge is 0.444 e. The van der Waals surface area contributed by atoms with Gasteiger partial charge in [-0.05, 0) is 23.6 Å². The minimum absolute atomic E-state index is 0.0543. The Morgan fingerprint density at radius 3 is 1.51 bits per heavy atom. The van der Waals surface area contributed by atoms with Crippen LogP contribution >= 0.6 is 0 Å². The van der Waals surface area contributed by atoms with Gasteiger partial charge in [0.05, 0.1) is 0 Å². The van der Waals surface area contributed by atoms with Crippen LogP contribution in [0.15, 0.2) is 91.0 Å². The van der Waals surface area contributed by atoms with Crippen molar-refractivity contribution in [1.29, 1.82) is 0 Å². The number of hydrogen-bond acceptors (Lipinski definition) is 7. The molecule has 3 rings (SSSR count). The number of hydrazine groups is 1. The first kappa shape index (κ1) is 26.7. The van der Waals surface area contributed by atoms with Crippen LogP contribution in [0.1, 0.15) is 23.6 Å². The van der Waals surface area contributed by atoms with E-state index in [9.17, 15) is 19.2 Å². The van der Waals surface area contributed by atoms with Crippen LogP contribution in [0.2, 0.25) is 0 Å². The number of benzene rings is 3. The first-order valence-electron chi connectivity index (χ1n) is 11.4. The van der Waals surface area contributed by atoms with E-state index in [-0.39, 0.29) is 19.8 Å². The number of rotatable bonds is 8. The zero-order valence-corrected chi connectivity index (χ0v) is 20.2. The van der Waals surface area contributed by atoms with Gasteiger partial charge in [-0.25, -0.2) is 24.8 Å². The summed E-state index contributed by atoms with van der Waals surface area (Å²) in [6.45, 7) is 1.08. The van der Waals surface area contributed by atoms with E-state index in [1.807, 2.05) is 23.5 Å². The van der Waals surface area contributed by atoms with Gasteiger partial charge in [-0.3, -0.25) is 10.1 Å². The summed E-state index contributed by atoms with van der Waals surface area (Å²) < 4.78 is 15.4. The SMILES string of the molecule is C[C@H](C(=O)NC(=O)OCc1ccccc1)N(NC(=O)OCc1ccccc1)C(=O)OCc1ccccc1. The van der Waals surface area contributed by atoms with Crippen molar-refractivity contribution in [1.82, 2.24) is 15.8 Å². The Kier molecular flexibility index (Phi) is 10.0. The fourth-order valence-electron chi connectivity index (χ4n) is 3.02. The third-order valence-electron chi connectivity index (χ3n) is 5.03. The fraction of sp³-hybridized carbons (Fsp3) is 0.185. The van der Waals surface area contributed by atoms with E-state index >= 15 is 0 Å². The summed E-state index contributed by atoms with van der Waals surface area (Å²) in [7, 11) is 0. The first-order valence-corrected chi connectivity index (χ1v) is 11.4. The van der Waals surface area contributed by atoms with Gasteiger partial charge in [-0.1, -0.05) is 91.0 Å². The molecule has 1 atom stereocenters. The Hall–Kier alpha value is -4.86. The molecule has 3 aromatic rings. The number of alkyl carbamates (subject to hydrolysis) is 1. The molecule has 10 heteroatoms. The third kappa shape index (κ3) is 9.02. The molecule has 4 amide bonds. The molecular formula is C27H27N3O7. The van der Waals surface area contributed by atoms with E-state index in [1.165, 1.54) is 6.92 Å². The van der Waals surface area contributed by atoms with Gasteiger partial charge >= 0.3 is 18.3 Å². The molecule has 0 bridgehead atoms. The van der Waals surface area contributed by atoms with E-state index in [2.05, 4.69) is 5.43 Å². The molecule has 37 heavy (non-hydrogen) atoms. The maximum absolute atomic E-state index is 12.8. The van der Waals surface area contributed by atoms with E-state index in [0.29, 0.717) is 10.6 Å². The minimum Gasteiger partial charge on any atom is -0.444 e. The van der Waals surface area contributed by atoms with Crippen molar-refractivity contribution >= 4 is 24.2 Å². The average Bonchev–Trinajstić information content (AvgIpc) is 2.93. The lowest BCUT2D eigenvalue weighted by atomic mass is 10.2. The number of nitrogens with zero attached hydrogens (tertiary/aromatic N) is 1. The van der Waals surface area contributed by atoms with Crippen molar-refractivity contribution in [2.45, 2.75) is 32.8 Å². The first-order chi connectivity index (χ1) is 17.9. The Labute approximate surface area is 214 Å². The second kappa shape index (κ2) is 13.9. The molecule has 0 aliphatic rings. The van der Waals surface area contributed by atoms with Gasteiger partial charge in [-0.15, -0.1) is 0 Å². The number of ether oxygens (including phenoxy) is 3. The molecule has 0 saturated heterocycles. The Balaban J connectivity index is 1.60. The molecule has 0 aliphatic heterocycles. The van der Waals surface area contributed by atoms with Crippen LogP contribution in [0, 0.1) is 0 Å². The maximum Gasteiger partial charge on any atom is 0.429 e. The van der Waals surface area contributed by atoms with Crippen molar-refractivity contribution in [3.63, 3.8) is 0 Å². The second-order valence-electron chi connectivity index (χ2n) is 7.81. The van der Waals surface area contributed by atoms with Crippen LogP contribution < -0.4 is 10.7 Å². The highest BCUT2D eigenvalue weighted by atomic mass is 16.6. The molecule has 2 N–H and O–H groups in total. The van der Waals surface area contributed by atoms with Crippen molar-refractivity contribution < 1.29 is 33.4 Å². The number of amides is 4. The highest BCUT2D eigenvalue weighted by Gasteiger charge is 2.31. The molecule has 0 aliphatic carbocycles. The van der Waals surface area contributed by atoms with E-state index in [4.69, 9.17) is 14.2 Å². The predicted molar refractivity (Wildman–Crippen MR) is 132 cm³/mol. The molecule has 0 aromatic heterocycles. The quantitative estimate of drug-likeness (QED) is 0.345. The van der Waals surface area contributed by atoms with Crippen LogP contribution in [0.5, 0.6) is 0 Å². The van der Waals surface area contributed by atoms with E-state index < -0.39 is 30.2 Å². The van der Waals surface area contributed by atoms with Gasteiger partial charge < -0.3 is 14.2 Å². The number of nitrogens with one attached hydrogen (secondary N) is 2. The van der Waals surface area contributed by atoms with Crippen LogP contribution in [0.25, 0.3) is 0 Å². The van der Waals surface area contributed by atoms with Crippen molar-refractivity contribution in [3.8, 4) is 0 Å². The normalized spacial score (nSPS) is 10.9. The summed E-state index contributed by atoms with van der Waals surface area (Å²) >= 11 is 0.